The lowest BCUT2D eigenvalue weighted by Gasteiger charge is -2.28. The summed E-state index contributed by atoms with van der Waals surface area (Å²) in [4.78, 5) is 8.88. The van der Waals surface area contributed by atoms with Crippen molar-refractivity contribution in [3.63, 3.8) is 0 Å². The van der Waals surface area contributed by atoms with E-state index in [-0.39, 0.29) is 5.56 Å². The number of nitriles is 1. The lowest BCUT2D eigenvalue weighted by Crippen LogP contribution is -2.14. The van der Waals surface area contributed by atoms with E-state index in [0.29, 0.717) is 17.3 Å². The molecule has 0 radical (unpaired) electrons. The Labute approximate surface area is 155 Å². The second kappa shape index (κ2) is 8.89. The second-order valence-electron chi connectivity index (χ2n) is 7.36. The molecule has 1 aliphatic carbocycles. The van der Waals surface area contributed by atoms with Gasteiger partial charge in [0.2, 0.25) is 0 Å². The van der Waals surface area contributed by atoms with E-state index in [1.807, 2.05) is 18.5 Å². The molecule has 3 nitrogen and oxygen atoms in total. The lowest BCUT2D eigenvalue weighted by molar-refractivity contribution is 0.302. The zero-order valence-electron chi connectivity index (χ0n) is 15.4. The SMILES string of the molecule is CCCCC[C@H]1CC[C@H](c2cnc(-c3ccc(C#N)c(F)c3)nc2)CC1. The van der Waals surface area contributed by atoms with E-state index in [4.69, 9.17) is 5.26 Å². The standard InChI is InChI=1S/C22H26FN3/c1-2-3-4-5-16-6-8-17(9-7-16)20-14-25-22(26-15-20)18-10-11-19(13-24)21(23)12-18/h10-12,14-17H,2-9H2,1H3/t16-,17-. The Kier molecular flexibility index (Phi) is 6.33. The first-order valence-electron chi connectivity index (χ1n) is 9.73. The number of unbranched alkanes of at least 4 members (excludes halogenated alkanes) is 2. The van der Waals surface area contributed by atoms with Crippen molar-refractivity contribution in [3.05, 3.63) is 47.5 Å². The first-order chi connectivity index (χ1) is 12.7. The maximum atomic E-state index is 13.8. The van der Waals surface area contributed by atoms with Gasteiger partial charge in [0.1, 0.15) is 11.9 Å². The first kappa shape index (κ1) is 18.5. The summed E-state index contributed by atoms with van der Waals surface area (Å²) in [6.07, 6.45) is 14.2. The molecule has 0 aliphatic heterocycles. The van der Waals surface area contributed by atoms with Gasteiger partial charge in [0.05, 0.1) is 5.56 Å². The molecule has 0 saturated heterocycles. The van der Waals surface area contributed by atoms with Crippen molar-refractivity contribution in [3.8, 4) is 17.5 Å². The maximum Gasteiger partial charge on any atom is 0.159 e. The molecular weight excluding hydrogens is 325 g/mol. The Morgan fingerprint density at radius 1 is 1.12 bits per heavy atom. The van der Waals surface area contributed by atoms with Crippen LogP contribution < -0.4 is 0 Å². The zero-order chi connectivity index (χ0) is 18.4. The number of halogens is 1. The van der Waals surface area contributed by atoms with Crippen molar-refractivity contribution < 1.29 is 4.39 Å². The molecular formula is C22H26FN3. The van der Waals surface area contributed by atoms with E-state index in [9.17, 15) is 4.39 Å². The van der Waals surface area contributed by atoms with Gasteiger partial charge in [-0.3, -0.25) is 0 Å². The van der Waals surface area contributed by atoms with E-state index >= 15 is 0 Å². The van der Waals surface area contributed by atoms with Crippen LogP contribution in [-0.4, -0.2) is 9.97 Å². The summed E-state index contributed by atoms with van der Waals surface area (Å²) < 4.78 is 13.8. The fraction of sp³-hybridized carbons (Fsp3) is 0.500. The first-order valence-corrected chi connectivity index (χ1v) is 9.73. The fourth-order valence-corrected chi connectivity index (χ4v) is 3.91. The third-order valence-corrected chi connectivity index (χ3v) is 5.55. The van der Waals surface area contributed by atoms with Gasteiger partial charge in [-0.15, -0.1) is 0 Å². The molecule has 0 atom stereocenters. The van der Waals surface area contributed by atoms with E-state index in [1.54, 1.807) is 6.07 Å². The lowest BCUT2D eigenvalue weighted by atomic mass is 9.77. The van der Waals surface area contributed by atoms with Gasteiger partial charge >= 0.3 is 0 Å². The van der Waals surface area contributed by atoms with E-state index in [0.717, 1.165) is 5.92 Å². The molecule has 1 aromatic carbocycles. The highest BCUT2D eigenvalue weighted by atomic mass is 19.1. The molecule has 136 valence electrons. The molecule has 3 rings (SSSR count). The van der Waals surface area contributed by atoms with Crippen LogP contribution in [0.4, 0.5) is 4.39 Å². The highest BCUT2D eigenvalue weighted by Gasteiger charge is 2.22. The minimum atomic E-state index is -0.529. The van der Waals surface area contributed by atoms with Gasteiger partial charge in [0.15, 0.2) is 5.82 Å². The van der Waals surface area contributed by atoms with Gasteiger partial charge in [0, 0.05) is 18.0 Å². The molecule has 26 heavy (non-hydrogen) atoms. The summed E-state index contributed by atoms with van der Waals surface area (Å²) in [6.45, 7) is 2.26. The summed E-state index contributed by atoms with van der Waals surface area (Å²) in [7, 11) is 0. The van der Waals surface area contributed by atoms with Crippen molar-refractivity contribution in [1.82, 2.24) is 9.97 Å². The van der Waals surface area contributed by atoms with Crippen LogP contribution >= 0.6 is 0 Å². The highest BCUT2D eigenvalue weighted by Crippen LogP contribution is 2.37. The van der Waals surface area contributed by atoms with Gasteiger partial charge in [-0.05, 0) is 61.3 Å². The van der Waals surface area contributed by atoms with Crippen molar-refractivity contribution >= 4 is 0 Å². The minimum Gasteiger partial charge on any atom is -0.236 e. The Balaban J connectivity index is 1.60. The molecule has 1 aliphatic rings. The predicted molar refractivity (Wildman–Crippen MR) is 101 cm³/mol. The predicted octanol–water partition coefficient (Wildman–Crippen LogP) is 6.01. The van der Waals surface area contributed by atoms with Crippen LogP contribution in [0.3, 0.4) is 0 Å². The van der Waals surface area contributed by atoms with Gasteiger partial charge < -0.3 is 0 Å². The monoisotopic (exact) mass is 351 g/mol. The molecule has 0 N–H and O–H groups in total. The van der Waals surface area contributed by atoms with E-state index < -0.39 is 5.82 Å². The zero-order valence-corrected chi connectivity index (χ0v) is 15.4. The number of aromatic nitrogens is 2. The summed E-state index contributed by atoms with van der Waals surface area (Å²) in [6, 6.07) is 6.32. The maximum absolute atomic E-state index is 13.8. The number of hydrogen-bond acceptors (Lipinski definition) is 3. The molecule has 1 aromatic heterocycles. The Hall–Kier alpha value is -2.28. The topological polar surface area (TPSA) is 49.6 Å². The Morgan fingerprint density at radius 2 is 1.85 bits per heavy atom. The molecule has 0 unspecified atom stereocenters. The largest absolute Gasteiger partial charge is 0.236 e. The van der Waals surface area contributed by atoms with Crippen LogP contribution in [0, 0.1) is 23.1 Å². The molecule has 0 bridgehead atoms. The van der Waals surface area contributed by atoms with E-state index in [2.05, 4.69) is 16.9 Å². The normalized spacial score (nSPS) is 19.9. The van der Waals surface area contributed by atoms with Gasteiger partial charge in [-0.25, -0.2) is 14.4 Å². The molecule has 2 aromatic rings. The van der Waals surface area contributed by atoms with Crippen LogP contribution in [0.2, 0.25) is 0 Å². The van der Waals surface area contributed by atoms with Crippen LogP contribution in [-0.2, 0) is 0 Å². The molecule has 1 fully saturated rings. The summed E-state index contributed by atoms with van der Waals surface area (Å²) in [5.41, 5.74) is 1.84. The third-order valence-electron chi connectivity index (χ3n) is 5.55. The number of rotatable bonds is 6. The Morgan fingerprint density at radius 3 is 2.46 bits per heavy atom. The molecule has 1 heterocycles. The van der Waals surface area contributed by atoms with Crippen LogP contribution in [0.25, 0.3) is 11.4 Å². The molecule has 0 amide bonds. The third kappa shape index (κ3) is 4.46. The number of hydrogen-bond donors (Lipinski definition) is 0. The van der Waals surface area contributed by atoms with Crippen LogP contribution in [0.15, 0.2) is 30.6 Å². The van der Waals surface area contributed by atoms with Gasteiger partial charge in [0.25, 0.3) is 0 Å². The highest BCUT2D eigenvalue weighted by molar-refractivity contribution is 5.56. The number of benzene rings is 1. The number of nitrogens with zero attached hydrogens (tertiary/aromatic N) is 3. The average molecular weight is 351 g/mol. The van der Waals surface area contributed by atoms with Crippen molar-refractivity contribution in [1.29, 1.82) is 5.26 Å². The summed E-state index contributed by atoms with van der Waals surface area (Å²) in [5.74, 6) is 1.41. The van der Waals surface area contributed by atoms with Crippen LogP contribution in [0.1, 0.15) is 75.3 Å². The smallest absolute Gasteiger partial charge is 0.159 e. The van der Waals surface area contributed by atoms with Crippen molar-refractivity contribution in [2.24, 2.45) is 5.92 Å². The summed E-state index contributed by atoms with van der Waals surface area (Å²) >= 11 is 0. The van der Waals surface area contributed by atoms with E-state index in [1.165, 1.54) is 69.1 Å². The quantitative estimate of drug-likeness (QED) is 0.599. The van der Waals surface area contributed by atoms with Gasteiger partial charge in [-0.1, -0.05) is 32.6 Å². The minimum absolute atomic E-state index is 0.0427. The van der Waals surface area contributed by atoms with Gasteiger partial charge in [-0.2, -0.15) is 5.26 Å². The molecule has 0 spiro atoms. The molecule has 1 saturated carbocycles. The van der Waals surface area contributed by atoms with Crippen molar-refractivity contribution in [2.45, 2.75) is 64.2 Å². The van der Waals surface area contributed by atoms with Crippen molar-refractivity contribution in [2.75, 3.05) is 0 Å². The Bertz CT molecular complexity index is 756. The molecule has 4 heteroatoms. The fourth-order valence-electron chi connectivity index (χ4n) is 3.91. The van der Waals surface area contributed by atoms with Crippen LogP contribution in [0.5, 0.6) is 0 Å². The average Bonchev–Trinajstić information content (AvgIpc) is 2.69. The summed E-state index contributed by atoms with van der Waals surface area (Å²) in [5, 5.41) is 8.82. The second-order valence-corrected chi connectivity index (χ2v) is 7.36.